The molecule has 30 heavy (non-hydrogen) atoms. The minimum absolute atomic E-state index is 0.258. The fraction of sp³-hybridized carbons (Fsp3) is 0.364. The lowest BCUT2D eigenvalue weighted by molar-refractivity contribution is -0.118. The highest BCUT2D eigenvalue weighted by Gasteiger charge is 2.35. The van der Waals surface area contributed by atoms with E-state index >= 15 is 0 Å². The van der Waals surface area contributed by atoms with Gasteiger partial charge in [0, 0.05) is 36.4 Å². The van der Waals surface area contributed by atoms with E-state index in [9.17, 15) is 10.1 Å². The number of fused-ring (bicyclic) bond motifs is 1. The minimum atomic E-state index is -0.415. The third-order valence-corrected chi connectivity index (χ3v) is 5.85. The molecule has 2 aromatic heterocycles. The Hall–Kier alpha value is -3.44. The zero-order valence-corrected chi connectivity index (χ0v) is 17.0. The molecule has 1 amide bonds. The fourth-order valence-electron chi connectivity index (χ4n) is 3.91. The van der Waals surface area contributed by atoms with Crippen LogP contribution in [0.4, 0.5) is 11.6 Å². The second-order valence-electron chi connectivity index (χ2n) is 7.90. The number of carbonyl (C=O) groups excluding carboxylic acids is 1. The Bertz CT molecular complexity index is 1090. The number of aryl methyl sites for hydroxylation is 1. The smallest absolute Gasteiger partial charge is 0.229 e. The van der Waals surface area contributed by atoms with Crippen LogP contribution >= 0.6 is 0 Å². The topological polar surface area (TPSA) is 113 Å². The van der Waals surface area contributed by atoms with Gasteiger partial charge in [-0.25, -0.2) is 4.98 Å². The van der Waals surface area contributed by atoms with Crippen molar-refractivity contribution in [2.24, 2.45) is 5.73 Å². The van der Waals surface area contributed by atoms with E-state index in [0.29, 0.717) is 12.5 Å². The third kappa shape index (κ3) is 3.98. The maximum atomic E-state index is 11.1. The molecule has 0 unspecified atom stereocenters. The first kappa shape index (κ1) is 19.9. The molecule has 0 radical (unpaired) electrons. The number of piperidine rings is 1. The molecule has 1 fully saturated rings. The van der Waals surface area contributed by atoms with Gasteiger partial charge < -0.3 is 20.5 Å². The first-order chi connectivity index (χ1) is 14.5. The maximum Gasteiger partial charge on any atom is 0.229 e. The molecule has 4 rings (SSSR count). The molecule has 0 saturated carbocycles. The second-order valence-corrected chi connectivity index (χ2v) is 7.90. The van der Waals surface area contributed by atoms with Crippen molar-refractivity contribution in [1.29, 1.82) is 5.26 Å². The van der Waals surface area contributed by atoms with Gasteiger partial charge in [0.2, 0.25) is 11.9 Å². The number of rotatable bonds is 6. The molecule has 8 heteroatoms. The Morgan fingerprint density at radius 2 is 2.00 bits per heavy atom. The van der Waals surface area contributed by atoms with Crippen LogP contribution in [0.3, 0.4) is 0 Å². The van der Waals surface area contributed by atoms with E-state index in [-0.39, 0.29) is 12.3 Å². The first-order valence-electron chi connectivity index (χ1n) is 10.1. The van der Waals surface area contributed by atoms with Gasteiger partial charge in [0.1, 0.15) is 5.65 Å². The van der Waals surface area contributed by atoms with Crippen molar-refractivity contribution < 1.29 is 4.79 Å². The average molecular weight is 403 g/mol. The highest BCUT2D eigenvalue weighted by atomic mass is 16.1. The van der Waals surface area contributed by atoms with Crippen molar-refractivity contribution in [2.45, 2.75) is 31.2 Å². The number of nitrogens with two attached hydrogens (primary N) is 1. The van der Waals surface area contributed by atoms with Gasteiger partial charge in [-0.2, -0.15) is 10.2 Å². The summed E-state index contributed by atoms with van der Waals surface area (Å²) in [4.78, 5) is 22.3. The number of primary amides is 1. The Kier molecular flexibility index (Phi) is 5.38. The van der Waals surface area contributed by atoms with Crippen molar-refractivity contribution in [3.05, 3.63) is 48.3 Å². The molecule has 154 valence electrons. The SMILES string of the molecule is CN1CCC(C#N)(c2ccc(Nc3ncc4ccn(CCC(N)=O)c4n3)cc2)CC1. The van der Waals surface area contributed by atoms with Crippen LogP contribution in [0.15, 0.2) is 42.7 Å². The summed E-state index contributed by atoms with van der Waals surface area (Å²) < 4.78 is 1.90. The lowest BCUT2D eigenvalue weighted by Gasteiger charge is -2.35. The molecule has 0 bridgehead atoms. The van der Waals surface area contributed by atoms with Crippen LogP contribution < -0.4 is 11.1 Å². The number of carbonyl (C=O) groups is 1. The maximum absolute atomic E-state index is 11.1. The Balaban J connectivity index is 1.52. The average Bonchev–Trinajstić information content (AvgIpc) is 3.16. The second kappa shape index (κ2) is 8.13. The quantitative estimate of drug-likeness (QED) is 0.654. The van der Waals surface area contributed by atoms with Crippen molar-refractivity contribution in [3.8, 4) is 6.07 Å². The van der Waals surface area contributed by atoms with Gasteiger partial charge in [-0.3, -0.25) is 4.79 Å². The van der Waals surface area contributed by atoms with Gasteiger partial charge in [-0.05, 0) is 56.7 Å². The van der Waals surface area contributed by atoms with Crippen molar-refractivity contribution in [3.63, 3.8) is 0 Å². The van der Waals surface area contributed by atoms with E-state index in [2.05, 4.69) is 33.3 Å². The monoisotopic (exact) mass is 403 g/mol. The summed E-state index contributed by atoms with van der Waals surface area (Å²) in [7, 11) is 2.09. The third-order valence-electron chi connectivity index (χ3n) is 5.85. The molecule has 1 saturated heterocycles. The fourth-order valence-corrected chi connectivity index (χ4v) is 3.91. The Morgan fingerprint density at radius 1 is 1.27 bits per heavy atom. The molecule has 0 aliphatic carbocycles. The van der Waals surface area contributed by atoms with Crippen LogP contribution in [0.25, 0.3) is 11.0 Å². The summed E-state index contributed by atoms with van der Waals surface area (Å²) in [5.74, 6) is 0.132. The number of amides is 1. The van der Waals surface area contributed by atoms with Crippen LogP contribution in [0.1, 0.15) is 24.8 Å². The van der Waals surface area contributed by atoms with E-state index in [4.69, 9.17) is 5.73 Å². The zero-order valence-electron chi connectivity index (χ0n) is 17.0. The molecule has 1 aliphatic rings. The van der Waals surface area contributed by atoms with Crippen LogP contribution in [-0.4, -0.2) is 45.5 Å². The van der Waals surface area contributed by atoms with Crippen LogP contribution in [0, 0.1) is 11.3 Å². The Labute approximate surface area is 175 Å². The molecule has 3 N–H and O–H groups in total. The van der Waals surface area contributed by atoms with Crippen molar-refractivity contribution >= 4 is 28.6 Å². The van der Waals surface area contributed by atoms with Crippen LogP contribution in [0.2, 0.25) is 0 Å². The summed E-state index contributed by atoms with van der Waals surface area (Å²) in [6.07, 6.45) is 5.57. The van der Waals surface area contributed by atoms with Crippen molar-refractivity contribution in [2.75, 3.05) is 25.5 Å². The molecule has 1 aromatic carbocycles. The number of anilines is 2. The predicted molar refractivity (Wildman–Crippen MR) is 115 cm³/mol. The van der Waals surface area contributed by atoms with E-state index in [1.54, 1.807) is 6.20 Å². The van der Waals surface area contributed by atoms with Crippen LogP contribution in [-0.2, 0) is 16.8 Å². The predicted octanol–water partition coefficient (Wildman–Crippen LogP) is 2.54. The summed E-state index contributed by atoms with van der Waals surface area (Å²) in [5.41, 5.74) is 7.50. The molecule has 8 nitrogen and oxygen atoms in total. The summed E-state index contributed by atoms with van der Waals surface area (Å²) in [6, 6.07) is 12.4. The highest BCUT2D eigenvalue weighted by Crippen LogP contribution is 2.35. The normalized spacial score (nSPS) is 16.3. The molecule has 1 aliphatic heterocycles. The summed E-state index contributed by atoms with van der Waals surface area (Å²) in [6.45, 7) is 2.34. The number of hydrogen-bond donors (Lipinski definition) is 2. The minimum Gasteiger partial charge on any atom is -0.370 e. The standard InChI is InChI=1S/C22H25N7O/c1-28-12-8-22(15-23,9-13-28)17-2-4-18(5-3-17)26-21-25-14-16-6-10-29(20(16)27-21)11-7-19(24)30/h2-6,10,14H,7-9,11-13H2,1H3,(H2,24,30)(H,25,26,27). The molecular formula is C22H25N7O. The number of aromatic nitrogens is 3. The van der Waals surface area contributed by atoms with Gasteiger partial charge in [0.05, 0.1) is 11.5 Å². The van der Waals surface area contributed by atoms with E-state index < -0.39 is 5.41 Å². The van der Waals surface area contributed by atoms with Gasteiger partial charge in [-0.1, -0.05) is 12.1 Å². The number of nitrogens with one attached hydrogen (secondary N) is 1. The lowest BCUT2D eigenvalue weighted by Crippen LogP contribution is -2.39. The molecule has 3 heterocycles. The zero-order chi connectivity index (χ0) is 21.1. The number of nitrogens with zero attached hydrogens (tertiary/aromatic N) is 5. The van der Waals surface area contributed by atoms with Gasteiger partial charge >= 0.3 is 0 Å². The van der Waals surface area contributed by atoms with E-state index in [1.165, 1.54) is 0 Å². The summed E-state index contributed by atoms with van der Waals surface area (Å²) >= 11 is 0. The van der Waals surface area contributed by atoms with E-state index in [0.717, 1.165) is 48.2 Å². The Morgan fingerprint density at radius 3 is 2.67 bits per heavy atom. The van der Waals surface area contributed by atoms with Gasteiger partial charge in [-0.15, -0.1) is 0 Å². The number of benzene rings is 1. The largest absolute Gasteiger partial charge is 0.370 e. The molecule has 0 spiro atoms. The lowest BCUT2D eigenvalue weighted by atomic mass is 9.74. The van der Waals surface area contributed by atoms with Gasteiger partial charge in [0.15, 0.2) is 0 Å². The summed E-state index contributed by atoms with van der Waals surface area (Å²) in [5, 5.41) is 14.0. The molecule has 0 atom stereocenters. The first-order valence-corrected chi connectivity index (χ1v) is 10.1. The van der Waals surface area contributed by atoms with Crippen molar-refractivity contribution in [1.82, 2.24) is 19.4 Å². The highest BCUT2D eigenvalue weighted by molar-refractivity contribution is 5.77. The number of hydrogen-bond acceptors (Lipinski definition) is 6. The number of nitriles is 1. The van der Waals surface area contributed by atoms with E-state index in [1.807, 2.05) is 41.1 Å². The molecular weight excluding hydrogens is 378 g/mol. The van der Waals surface area contributed by atoms with Gasteiger partial charge in [0.25, 0.3) is 0 Å². The van der Waals surface area contributed by atoms with Crippen LogP contribution in [0.5, 0.6) is 0 Å². The molecule has 3 aromatic rings. The number of likely N-dealkylation sites (tertiary alicyclic amines) is 1.